The third-order valence-electron chi connectivity index (χ3n) is 9.31. The monoisotopic (exact) mass is 574 g/mol. The maximum Gasteiger partial charge on any atom is 0.126 e. The summed E-state index contributed by atoms with van der Waals surface area (Å²) in [6.45, 7) is 2.22. The maximum atomic E-state index is 12.1. The summed E-state index contributed by atoms with van der Waals surface area (Å²) in [5.41, 5.74) is 4.76. The van der Waals surface area contributed by atoms with Crippen molar-refractivity contribution >= 4 is 43.1 Å². The van der Waals surface area contributed by atoms with Gasteiger partial charge in [0.05, 0.1) is 0 Å². The Kier molecular flexibility index (Phi) is 7.66. The minimum absolute atomic E-state index is 0.203. The molecular formula is C42H38O2. The molecule has 0 saturated carbocycles. The Hall–Kier alpha value is -4.82. The highest BCUT2D eigenvalue weighted by molar-refractivity contribution is 6.03. The summed E-state index contributed by atoms with van der Waals surface area (Å²) in [5, 5.41) is 33.3. The van der Waals surface area contributed by atoms with Crippen LogP contribution in [0.25, 0.3) is 43.1 Å². The maximum absolute atomic E-state index is 12.1. The van der Waals surface area contributed by atoms with Gasteiger partial charge >= 0.3 is 0 Å². The van der Waals surface area contributed by atoms with Gasteiger partial charge in [0.25, 0.3) is 0 Å². The van der Waals surface area contributed by atoms with Crippen molar-refractivity contribution in [3.8, 4) is 11.5 Å². The molecule has 44 heavy (non-hydrogen) atoms. The van der Waals surface area contributed by atoms with E-state index in [1.807, 2.05) is 0 Å². The Morgan fingerprint density at radius 2 is 0.864 bits per heavy atom. The van der Waals surface area contributed by atoms with Crippen LogP contribution in [0.2, 0.25) is 0 Å². The summed E-state index contributed by atoms with van der Waals surface area (Å²) in [4.78, 5) is 0. The molecule has 2 N–H and O–H groups in total. The van der Waals surface area contributed by atoms with Crippen molar-refractivity contribution in [2.24, 2.45) is 0 Å². The van der Waals surface area contributed by atoms with E-state index >= 15 is 0 Å². The van der Waals surface area contributed by atoms with E-state index in [0.717, 1.165) is 46.7 Å². The lowest BCUT2D eigenvalue weighted by molar-refractivity contribution is 0.431. The molecule has 0 saturated heterocycles. The van der Waals surface area contributed by atoms with E-state index in [1.54, 1.807) is 0 Å². The minimum Gasteiger partial charge on any atom is -0.507 e. The van der Waals surface area contributed by atoms with Crippen molar-refractivity contribution in [1.29, 1.82) is 0 Å². The van der Waals surface area contributed by atoms with Crippen LogP contribution in [0, 0.1) is 0 Å². The van der Waals surface area contributed by atoms with Gasteiger partial charge in [-0.05, 0) is 96.4 Å². The number of rotatable bonds is 9. The molecule has 0 radical (unpaired) electrons. The van der Waals surface area contributed by atoms with Gasteiger partial charge in [-0.1, -0.05) is 123 Å². The summed E-state index contributed by atoms with van der Waals surface area (Å²) in [5.74, 6) is 0.441. The number of fused-ring (bicyclic) bond motifs is 4. The van der Waals surface area contributed by atoms with Crippen molar-refractivity contribution in [2.75, 3.05) is 0 Å². The first-order valence-electron chi connectivity index (χ1n) is 16.0. The first-order chi connectivity index (χ1) is 21.6. The van der Waals surface area contributed by atoms with Crippen molar-refractivity contribution < 1.29 is 10.2 Å². The van der Waals surface area contributed by atoms with Crippen LogP contribution in [-0.4, -0.2) is 10.2 Å². The standard InChI is InChI=1S/C42H38O2/c1-2-3-4-5-18-32-25-33(26-38-34-19-10-6-14-28(34)23-29-15-7-11-20-35(29)38)42(44)40(41(32)43)27-39-36-21-12-8-16-30(36)24-31-17-9-13-22-37(31)39/h6-17,19-25,43-44H,2-5,18,26-27H2,1H3. The number of phenolic OH excluding ortho intramolecular Hbond substituents is 2. The summed E-state index contributed by atoms with van der Waals surface area (Å²) in [7, 11) is 0. The number of hydrogen-bond acceptors (Lipinski definition) is 2. The fraction of sp³-hybridized carbons (Fsp3) is 0.190. The average Bonchev–Trinajstić information content (AvgIpc) is 3.06. The molecule has 0 unspecified atom stereocenters. The lowest BCUT2D eigenvalue weighted by Gasteiger charge is -2.19. The smallest absolute Gasteiger partial charge is 0.126 e. The molecule has 0 fully saturated rings. The zero-order valence-electron chi connectivity index (χ0n) is 25.3. The van der Waals surface area contributed by atoms with Crippen molar-refractivity contribution in [1.82, 2.24) is 0 Å². The van der Waals surface area contributed by atoms with Gasteiger partial charge in [-0.2, -0.15) is 0 Å². The van der Waals surface area contributed by atoms with Crippen LogP contribution in [0.3, 0.4) is 0 Å². The molecule has 0 spiro atoms. The predicted molar refractivity (Wildman–Crippen MR) is 186 cm³/mol. The summed E-state index contributed by atoms with van der Waals surface area (Å²) < 4.78 is 0. The Balaban J connectivity index is 1.42. The number of hydrogen-bond donors (Lipinski definition) is 2. The molecule has 0 heterocycles. The SMILES string of the molecule is CCCCCCc1cc(Cc2c3ccccc3cc3ccccc23)c(O)c(Cc2c3ccccc3cc3ccccc23)c1O. The lowest BCUT2D eigenvalue weighted by atomic mass is 9.87. The number of phenols is 2. The van der Waals surface area contributed by atoms with Gasteiger partial charge in [0.15, 0.2) is 0 Å². The first-order valence-corrected chi connectivity index (χ1v) is 16.0. The van der Waals surface area contributed by atoms with Gasteiger partial charge < -0.3 is 10.2 Å². The normalized spacial score (nSPS) is 11.7. The molecule has 0 bridgehead atoms. The number of aryl methyl sites for hydroxylation is 1. The molecule has 0 aliphatic rings. The molecule has 0 aromatic heterocycles. The number of benzene rings is 7. The quantitative estimate of drug-likeness (QED) is 0.133. The highest BCUT2D eigenvalue weighted by Crippen LogP contribution is 2.42. The van der Waals surface area contributed by atoms with Crippen LogP contribution in [0.15, 0.2) is 115 Å². The van der Waals surface area contributed by atoms with Crippen molar-refractivity contribution in [3.63, 3.8) is 0 Å². The van der Waals surface area contributed by atoms with Crippen LogP contribution in [0.4, 0.5) is 0 Å². The van der Waals surface area contributed by atoms with Crippen molar-refractivity contribution in [3.05, 3.63) is 143 Å². The molecule has 7 rings (SSSR count). The molecule has 2 heteroatoms. The Bertz CT molecular complexity index is 2030. The highest BCUT2D eigenvalue weighted by atomic mass is 16.3. The Morgan fingerprint density at radius 3 is 1.34 bits per heavy atom. The second-order valence-corrected chi connectivity index (χ2v) is 12.1. The molecule has 218 valence electrons. The molecule has 7 aromatic rings. The topological polar surface area (TPSA) is 40.5 Å². The largest absolute Gasteiger partial charge is 0.507 e. The summed E-state index contributed by atoms with van der Waals surface area (Å²) >= 11 is 0. The molecule has 0 aliphatic carbocycles. The summed E-state index contributed by atoms with van der Waals surface area (Å²) in [6.07, 6.45) is 6.31. The third kappa shape index (κ3) is 5.15. The van der Waals surface area contributed by atoms with E-state index < -0.39 is 0 Å². The summed E-state index contributed by atoms with van der Waals surface area (Å²) in [6, 6.07) is 40.5. The highest BCUT2D eigenvalue weighted by Gasteiger charge is 2.21. The minimum atomic E-state index is 0.203. The van der Waals surface area contributed by atoms with Crippen LogP contribution in [0.5, 0.6) is 11.5 Å². The molecule has 0 amide bonds. The Labute approximate surface area is 259 Å². The first kappa shape index (κ1) is 28.0. The van der Waals surface area contributed by atoms with Gasteiger partial charge in [0, 0.05) is 18.4 Å². The lowest BCUT2D eigenvalue weighted by Crippen LogP contribution is -2.02. The second kappa shape index (κ2) is 12.1. The zero-order valence-corrected chi connectivity index (χ0v) is 25.3. The third-order valence-corrected chi connectivity index (χ3v) is 9.31. The fourth-order valence-electron chi connectivity index (χ4n) is 7.05. The van der Waals surface area contributed by atoms with Gasteiger partial charge in [-0.15, -0.1) is 0 Å². The Morgan fingerprint density at radius 1 is 0.432 bits per heavy atom. The van der Waals surface area contributed by atoms with Crippen LogP contribution < -0.4 is 0 Å². The molecule has 2 nitrogen and oxygen atoms in total. The van der Waals surface area contributed by atoms with Gasteiger partial charge in [-0.3, -0.25) is 0 Å². The second-order valence-electron chi connectivity index (χ2n) is 12.1. The van der Waals surface area contributed by atoms with E-state index in [0.29, 0.717) is 18.4 Å². The predicted octanol–water partition coefficient (Wildman–Crippen LogP) is 11.0. The van der Waals surface area contributed by atoms with Crippen LogP contribution in [0.1, 0.15) is 60.4 Å². The van der Waals surface area contributed by atoms with E-state index in [1.165, 1.54) is 50.7 Å². The molecule has 7 aromatic carbocycles. The van der Waals surface area contributed by atoms with Crippen LogP contribution in [-0.2, 0) is 19.3 Å². The van der Waals surface area contributed by atoms with E-state index in [-0.39, 0.29) is 11.5 Å². The van der Waals surface area contributed by atoms with Gasteiger partial charge in [0.1, 0.15) is 11.5 Å². The molecular weight excluding hydrogens is 536 g/mol. The van der Waals surface area contributed by atoms with Gasteiger partial charge in [-0.25, -0.2) is 0 Å². The van der Waals surface area contributed by atoms with Crippen molar-refractivity contribution in [2.45, 2.75) is 51.9 Å². The van der Waals surface area contributed by atoms with Gasteiger partial charge in [0.2, 0.25) is 0 Å². The van der Waals surface area contributed by atoms with E-state index in [2.05, 4.69) is 122 Å². The zero-order chi connectivity index (χ0) is 30.0. The number of unbranched alkanes of at least 4 members (excludes halogenated alkanes) is 3. The number of aromatic hydroxyl groups is 2. The van der Waals surface area contributed by atoms with Crippen LogP contribution >= 0.6 is 0 Å². The van der Waals surface area contributed by atoms with E-state index in [4.69, 9.17) is 0 Å². The fourth-order valence-corrected chi connectivity index (χ4v) is 7.05. The molecule has 0 atom stereocenters. The molecule has 0 aliphatic heterocycles. The average molecular weight is 575 g/mol. The van der Waals surface area contributed by atoms with E-state index in [9.17, 15) is 10.2 Å².